The summed E-state index contributed by atoms with van der Waals surface area (Å²) in [7, 11) is 0. The molecule has 1 aromatic carbocycles. The van der Waals surface area contributed by atoms with Crippen LogP contribution in [-0.4, -0.2) is 28.6 Å². The summed E-state index contributed by atoms with van der Waals surface area (Å²) >= 11 is 4.82. The van der Waals surface area contributed by atoms with Crippen molar-refractivity contribution >= 4 is 23.3 Å². The molecular weight excluding hydrogens is 248 g/mol. The number of hydrogen-bond acceptors (Lipinski definition) is 3. The van der Waals surface area contributed by atoms with Crippen LogP contribution >= 0.6 is 12.2 Å². The van der Waals surface area contributed by atoms with Crippen LogP contribution in [0.5, 0.6) is 5.75 Å². The quantitative estimate of drug-likeness (QED) is 0.832. The number of carbonyl (C=O) groups is 1. The van der Waals surface area contributed by atoms with Crippen molar-refractivity contribution in [3.8, 4) is 5.75 Å². The second-order valence-electron chi connectivity index (χ2n) is 4.18. The van der Waals surface area contributed by atoms with Crippen molar-refractivity contribution in [3.63, 3.8) is 0 Å². The maximum Gasteiger partial charge on any atom is 0.415 e. The van der Waals surface area contributed by atoms with Crippen molar-refractivity contribution in [2.75, 3.05) is 6.54 Å². The third kappa shape index (κ3) is 4.71. The normalized spacial score (nSPS) is 10.2. The zero-order valence-electron chi connectivity index (χ0n) is 10.6. The number of para-hydroxylation sites is 1. The second-order valence-corrected chi connectivity index (χ2v) is 4.71. The Labute approximate surface area is 113 Å². The van der Waals surface area contributed by atoms with Crippen LogP contribution in [0.1, 0.15) is 20.3 Å². The highest BCUT2D eigenvalue weighted by atomic mass is 32.1. The van der Waals surface area contributed by atoms with Crippen LogP contribution in [0, 0.1) is 0 Å². The van der Waals surface area contributed by atoms with Gasteiger partial charge in [-0.25, -0.2) is 4.79 Å². The molecule has 0 radical (unpaired) electrons. The minimum atomic E-state index is -0.382. The summed E-state index contributed by atoms with van der Waals surface area (Å²) in [5.41, 5.74) is 5.45. The molecule has 1 amide bonds. The first kappa shape index (κ1) is 14.4. The molecule has 0 aliphatic heterocycles. The fourth-order valence-electron chi connectivity index (χ4n) is 1.44. The first-order chi connectivity index (χ1) is 8.50. The Morgan fingerprint density at radius 3 is 2.50 bits per heavy atom. The van der Waals surface area contributed by atoms with Crippen LogP contribution in [0.15, 0.2) is 30.3 Å². The van der Waals surface area contributed by atoms with Crippen molar-refractivity contribution in [1.82, 2.24) is 4.90 Å². The highest BCUT2D eigenvalue weighted by Gasteiger charge is 2.18. The number of hydrogen-bond donors (Lipinski definition) is 1. The number of nitrogens with zero attached hydrogens (tertiary/aromatic N) is 1. The molecule has 0 fully saturated rings. The van der Waals surface area contributed by atoms with Crippen molar-refractivity contribution in [3.05, 3.63) is 30.3 Å². The van der Waals surface area contributed by atoms with E-state index in [-0.39, 0.29) is 12.1 Å². The molecule has 0 atom stereocenters. The van der Waals surface area contributed by atoms with Gasteiger partial charge in [0.2, 0.25) is 0 Å². The van der Waals surface area contributed by atoms with Crippen LogP contribution in [-0.2, 0) is 0 Å². The maximum absolute atomic E-state index is 12.0. The van der Waals surface area contributed by atoms with Gasteiger partial charge in [0.15, 0.2) is 0 Å². The lowest BCUT2D eigenvalue weighted by Gasteiger charge is -2.25. The van der Waals surface area contributed by atoms with Gasteiger partial charge in [0, 0.05) is 19.0 Å². The first-order valence-corrected chi connectivity index (χ1v) is 6.23. The summed E-state index contributed by atoms with van der Waals surface area (Å²) < 4.78 is 5.27. The number of carbonyl (C=O) groups excluding carboxylic acids is 1. The smallest absolute Gasteiger partial charge is 0.410 e. The Morgan fingerprint density at radius 1 is 1.39 bits per heavy atom. The molecule has 0 aliphatic carbocycles. The molecule has 0 aliphatic rings. The van der Waals surface area contributed by atoms with Gasteiger partial charge < -0.3 is 15.4 Å². The number of ether oxygens (including phenoxy) is 1. The van der Waals surface area contributed by atoms with Gasteiger partial charge in [-0.15, -0.1) is 0 Å². The van der Waals surface area contributed by atoms with Crippen molar-refractivity contribution in [2.45, 2.75) is 26.3 Å². The van der Waals surface area contributed by atoms with E-state index in [1.54, 1.807) is 17.0 Å². The third-order valence-corrected chi connectivity index (χ3v) is 2.61. The first-order valence-electron chi connectivity index (χ1n) is 5.82. The van der Waals surface area contributed by atoms with Gasteiger partial charge in [-0.2, -0.15) is 0 Å². The topological polar surface area (TPSA) is 55.6 Å². The van der Waals surface area contributed by atoms with E-state index in [9.17, 15) is 4.79 Å². The van der Waals surface area contributed by atoms with Crippen LogP contribution in [0.25, 0.3) is 0 Å². The molecule has 1 aromatic rings. The molecule has 0 unspecified atom stereocenters. The lowest BCUT2D eigenvalue weighted by atomic mass is 10.3. The van der Waals surface area contributed by atoms with Gasteiger partial charge >= 0.3 is 6.09 Å². The average Bonchev–Trinajstić information content (AvgIpc) is 2.29. The molecule has 98 valence electrons. The lowest BCUT2D eigenvalue weighted by Crippen LogP contribution is -2.40. The van der Waals surface area contributed by atoms with E-state index in [4.69, 9.17) is 22.7 Å². The van der Waals surface area contributed by atoms with Crippen LogP contribution in [0.4, 0.5) is 4.79 Å². The van der Waals surface area contributed by atoms with Gasteiger partial charge in [-0.05, 0) is 26.0 Å². The summed E-state index contributed by atoms with van der Waals surface area (Å²) in [6, 6.07) is 9.02. The molecule has 0 saturated carbocycles. The van der Waals surface area contributed by atoms with Gasteiger partial charge in [-0.3, -0.25) is 0 Å². The molecular formula is C13H18N2O2S. The minimum Gasteiger partial charge on any atom is -0.410 e. The molecule has 18 heavy (non-hydrogen) atoms. The standard InChI is InChI=1S/C13H18N2O2S/c1-10(2)15(9-8-12(14)18)13(16)17-11-6-4-3-5-7-11/h3-7,10H,8-9H2,1-2H3,(H2,14,18). The highest BCUT2D eigenvalue weighted by Crippen LogP contribution is 2.12. The monoisotopic (exact) mass is 266 g/mol. The third-order valence-electron chi connectivity index (χ3n) is 2.41. The highest BCUT2D eigenvalue weighted by molar-refractivity contribution is 7.80. The number of thiocarbonyl (C=S) groups is 1. The number of benzene rings is 1. The Morgan fingerprint density at radius 2 is 2.00 bits per heavy atom. The molecule has 0 heterocycles. The van der Waals surface area contributed by atoms with E-state index in [0.717, 1.165) is 0 Å². The molecule has 4 nitrogen and oxygen atoms in total. The minimum absolute atomic E-state index is 0.0376. The number of nitrogens with two attached hydrogens (primary N) is 1. The van der Waals surface area contributed by atoms with E-state index in [0.29, 0.717) is 23.7 Å². The van der Waals surface area contributed by atoms with E-state index in [1.807, 2.05) is 32.0 Å². The van der Waals surface area contributed by atoms with E-state index in [2.05, 4.69) is 0 Å². The second kappa shape index (κ2) is 6.96. The lowest BCUT2D eigenvalue weighted by molar-refractivity contribution is 0.140. The Bertz CT molecular complexity index is 407. The van der Waals surface area contributed by atoms with Crippen molar-refractivity contribution in [1.29, 1.82) is 0 Å². The molecule has 2 N–H and O–H groups in total. The van der Waals surface area contributed by atoms with Crippen molar-refractivity contribution < 1.29 is 9.53 Å². The Kier molecular flexibility index (Phi) is 5.58. The van der Waals surface area contributed by atoms with Crippen LogP contribution in [0.3, 0.4) is 0 Å². The largest absolute Gasteiger partial charge is 0.415 e. The molecule has 5 heteroatoms. The van der Waals surface area contributed by atoms with Gasteiger partial charge in [-0.1, -0.05) is 30.4 Å². The average molecular weight is 266 g/mol. The van der Waals surface area contributed by atoms with E-state index >= 15 is 0 Å². The summed E-state index contributed by atoms with van der Waals surface area (Å²) in [5, 5.41) is 0. The van der Waals surface area contributed by atoms with E-state index < -0.39 is 0 Å². The van der Waals surface area contributed by atoms with Crippen LogP contribution in [0.2, 0.25) is 0 Å². The molecule has 0 saturated heterocycles. The zero-order chi connectivity index (χ0) is 13.5. The van der Waals surface area contributed by atoms with Gasteiger partial charge in [0.25, 0.3) is 0 Å². The van der Waals surface area contributed by atoms with E-state index in [1.165, 1.54) is 0 Å². The molecule has 0 spiro atoms. The Hall–Kier alpha value is -1.62. The zero-order valence-corrected chi connectivity index (χ0v) is 11.4. The predicted octanol–water partition coefficient (Wildman–Crippen LogP) is 2.57. The van der Waals surface area contributed by atoms with Gasteiger partial charge in [0.05, 0.1) is 4.99 Å². The van der Waals surface area contributed by atoms with Crippen LogP contribution < -0.4 is 10.5 Å². The predicted molar refractivity (Wildman–Crippen MR) is 75.7 cm³/mol. The fraction of sp³-hybridized carbons (Fsp3) is 0.385. The number of amides is 1. The maximum atomic E-state index is 12.0. The number of rotatable bonds is 5. The Balaban J connectivity index is 2.62. The van der Waals surface area contributed by atoms with Crippen molar-refractivity contribution in [2.24, 2.45) is 5.73 Å². The molecule has 0 bridgehead atoms. The SMILES string of the molecule is CC(C)N(CCC(N)=S)C(=O)Oc1ccccc1. The molecule has 0 aromatic heterocycles. The summed E-state index contributed by atoms with van der Waals surface area (Å²) in [5.74, 6) is 0.531. The summed E-state index contributed by atoms with van der Waals surface area (Å²) in [6.45, 7) is 4.32. The summed E-state index contributed by atoms with van der Waals surface area (Å²) in [4.78, 5) is 14.0. The van der Waals surface area contributed by atoms with Gasteiger partial charge in [0.1, 0.15) is 5.75 Å². The molecule has 1 rings (SSSR count). The summed E-state index contributed by atoms with van der Waals surface area (Å²) in [6.07, 6.45) is 0.115. The fourth-order valence-corrected chi connectivity index (χ4v) is 1.53.